The van der Waals surface area contributed by atoms with Crippen LogP contribution < -0.4 is 30.4 Å². The van der Waals surface area contributed by atoms with Crippen molar-refractivity contribution in [3.63, 3.8) is 0 Å². The fourth-order valence-corrected chi connectivity index (χ4v) is 4.64. The number of hydrazine groups is 2. The number of amides is 3. The zero-order valence-corrected chi connectivity index (χ0v) is 19.7. The summed E-state index contributed by atoms with van der Waals surface area (Å²) in [6.07, 6.45) is 4.07. The number of hydrogen-bond donors (Lipinski definition) is 3. The van der Waals surface area contributed by atoms with Gasteiger partial charge in [0.2, 0.25) is 5.91 Å². The number of rotatable bonds is 7. The van der Waals surface area contributed by atoms with Gasteiger partial charge in [-0.15, -0.1) is 0 Å². The number of anilines is 1. The van der Waals surface area contributed by atoms with E-state index in [1.165, 1.54) is 12.1 Å². The third kappa shape index (κ3) is 4.31. The SMILES string of the molecule is COc1ccc(C2CC3C4NN(CC(=O)Nc5ccc(OC)c(OC)c5)C(=O)N4C=CN3N2)cc1. The van der Waals surface area contributed by atoms with Crippen LogP contribution in [0.2, 0.25) is 0 Å². The molecule has 2 fully saturated rings. The van der Waals surface area contributed by atoms with Gasteiger partial charge in [0, 0.05) is 24.2 Å². The summed E-state index contributed by atoms with van der Waals surface area (Å²) in [4.78, 5) is 27.3. The van der Waals surface area contributed by atoms with E-state index in [4.69, 9.17) is 14.2 Å². The van der Waals surface area contributed by atoms with Crippen molar-refractivity contribution in [2.24, 2.45) is 0 Å². The summed E-state index contributed by atoms with van der Waals surface area (Å²) in [6, 6.07) is 12.8. The van der Waals surface area contributed by atoms with Gasteiger partial charge in [-0.3, -0.25) is 9.69 Å². The number of carbonyl (C=O) groups is 2. The van der Waals surface area contributed by atoms with Gasteiger partial charge >= 0.3 is 6.03 Å². The minimum absolute atomic E-state index is 0.00466. The molecule has 3 atom stereocenters. The maximum Gasteiger partial charge on any atom is 0.340 e. The van der Waals surface area contributed by atoms with E-state index in [1.807, 2.05) is 35.5 Å². The van der Waals surface area contributed by atoms with E-state index in [1.54, 1.807) is 43.5 Å². The molecule has 35 heavy (non-hydrogen) atoms. The zero-order valence-electron chi connectivity index (χ0n) is 19.7. The van der Waals surface area contributed by atoms with Gasteiger partial charge in [0.05, 0.1) is 33.4 Å². The average Bonchev–Trinajstić information content (AvgIpc) is 3.45. The van der Waals surface area contributed by atoms with E-state index in [2.05, 4.69) is 16.2 Å². The Morgan fingerprint density at radius 1 is 1.00 bits per heavy atom. The van der Waals surface area contributed by atoms with Crippen LogP contribution in [-0.4, -0.2) is 66.9 Å². The first-order chi connectivity index (χ1) is 17.0. The van der Waals surface area contributed by atoms with Gasteiger partial charge in [-0.05, 0) is 36.2 Å². The summed E-state index contributed by atoms with van der Waals surface area (Å²) in [6.45, 7) is -0.143. The normalized spacial score (nSPS) is 22.7. The number of nitrogens with zero attached hydrogens (tertiary/aromatic N) is 3. The summed E-state index contributed by atoms with van der Waals surface area (Å²) >= 11 is 0. The summed E-state index contributed by atoms with van der Waals surface area (Å²) in [5.74, 6) is 1.54. The van der Waals surface area contributed by atoms with Crippen molar-refractivity contribution in [3.8, 4) is 17.2 Å². The lowest BCUT2D eigenvalue weighted by atomic mass is 10.00. The number of benzene rings is 2. The molecule has 11 nitrogen and oxygen atoms in total. The van der Waals surface area contributed by atoms with Gasteiger partial charge in [-0.2, -0.15) is 0 Å². The Kier molecular flexibility index (Phi) is 6.10. The molecule has 11 heteroatoms. The molecule has 3 amide bonds. The minimum atomic E-state index is -0.334. The third-order valence-corrected chi connectivity index (χ3v) is 6.42. The number of urea groups is 1. The van der Waals surface area contributed by atoms with Crippen LogP contribution in [0, 0.1) is 0 Å². The van der Waals surface area contributed by atoms with Crippen molar-refractivity contribution in [2.75, 3.05) is 33.2 Å². The predicted molar refractivity (Wildman–Crippen MR) is 127 cm³/mol. The third-order valence-electron chi connectivity index (χ3n) is 6.42. The first-order valence-corrected chi connectivity index (χ1v) is 11.3. The topological polar surface area (TPSA) is 108 Å². The second-order valence-corrected chi connectivity index (χ2v) is 8.43. The highest BCUT2D eigenvalue weighted by atomic mass is 16.5. The van der Waals surface area contributed by atoms with E-state index in [9.17, 15) is 9.59 Å². The lowest BCUT2D eigenvalue weighted by Gasteiger charge is -2.34. The first kappa shape index (κ1) is 22.8. The fourth-order valence-electron chi connectivity index (χ4n) is 4.64. The van der Waals surface area contributed by atoms with Crippen LogP contribution in [-0.2, 0) is 4.79 Å². The Labute approximate surface area is 203 Å². The summed E-state index contributed by atoms with van der Waals surface area (Å²) in [5.41, 5.74) is 8.39. The molecular weight excluding hydrogens is 452 g/mol. The second kappa shape index (κ2) is 9.35. The highest BCUT2D eigenvalue weighted by Crippen LogP contribution is 2.35. The summed E-state index contributed by atoms with van der Waals surface area (Å²) < 4.78 is 15.8. The van der Waals surface area contributed by atoms with Gasteiger partial charge in [-0.1, -0.05) is 12.1 Å². The van der Waals surface area contributed by atoms with Crippen molar-refractivity contribution >= 4 is 17.6 Å². The molecule has 2 aromatic carbocycles. The smallest absolute Gasteiger partial charge is 0.340 e. The van der Waals surface area contributed by atoms with Crippen molar-refractivity contribution in [1.82, 2.24) is 25.8 Å². The predicted octanol–water partition coefficient (Wildman–Crippen LogP) is 2.02. The molecule has 0 aliphatic carbocycles. The monoisotopic (exact) mass is 480 g/mol. The molecule has 3 aliphatic rings. The summed E-state index contributed by atoms with van der Waals surface area (Å²) in [5, 5.41) is 6.16. The first-order valence-electron chi connectivity index (χ1n) is 11.3. The van der Waals surface area contributed by atoms with Crippen molar-refractivity contribution in [1.29, 1.82) is 0 Å². The number of ether oxygens (including phenoxy) is 3. The molecule has 2 aromatic rings. The Morgan fingerprint density at radius 2 is 1.77 bits per heavy atom. The summed E-state index contributed by atoms with van der Waals surface area (Å²) in [7, 11) is 4.72. The van der Waals surface area contributed by atoms with Crippen LogP contribution in [0.5, 0.6) is 17.2 Å². The van der Waals surface area contributed by atoms with E-state index in [0.29, 0.717) is 17.2 Å². The van der Waals surface area contributed by atoms with Crippen LogP contribution in [0.15, 0.2) is 54.9 Å². The number of methoxy groups -OCH3 is 3. The molecule has 0 saturated carbocycles. The Morgan fingerprint density at radius 3 is 2.49 bits per heavy atom. The molecule has 3 N–H and O–H groups in total. The quantitative estimate of drug-likeness (QED) is 0.553. The molecule has 0 bridgehead atoms. The van der Waals surface area contributed by atoms with E-state index >= 15 is 0 Å². The van der Waals surface area contributed by atoms with Crippen LogP contribution in [0.1, 0.15) is 18.0 Å². The maximum absolute atomic E-state index is 13.0. The maximum atomic E-state index is 13.0. The molecule has 2 saturated heterocycles. The number of hydrogen-bond acceptors (Lipinski definition) is 8. The van der Waals surface area contributed by atoms with Gasteiger partial charge in [0.15, 0.2) is 11.5 Å². The number of nitrogens with one attached hydrogen (secondary N) is 3. The highest BCUT2D eigenvalue weighted by Gasteiger charge is 2.48. The van der Waals surface area contributed by atoms with Crippen LogP contribution in [0.4, 0.5) is 10.5 Å². The van der Waals surface area contributed by atoms with Crippen LogP contribution >= 0.6 is 0 Å². The number of carbonyl (C=O) groups excluding carboxylic acids is 2. The van der Waals surface area contributed by atoms with Gasteiger partial charge in [-0.25, -0.2) is 20.7 Å². The number of fused-ring (bicyclic) bond motifs is 3. The van der Waals surface area contributed by atoms with Gasteiger partial charge < -0.3 is 24.5 Å². The average molecular weight is 481 g/mol. The molecular formula is C24H28N6O5. The standard InChI is InChI=1S/C24H28N6O5/c1-33-17-7-4-15(5-8-17)18-13-19-23-27-30(24(32)28(23)10-11-29(19)26-18)14-22(31)25-16-6-9-20(34-2)21(12-16)35-3/h4-12,18-19,23,26-27H,13-14H2,1-3H3,(H,25,31). The molecule has 184 valence electrons. The molecule has 0 spiro atoms. The Bertz CT molecular complexity index is 1140. The fraction of sp³-hybridized carbons (Fsp3) is 0.333. The van der Waals surface area contributed by atoms with Crippen molar-refractivity contribution in [3.05, 3.63) is 60.4 Å². The molecule has 3 heterocycles. The van der Waals surface area contributed by atoms with E-state index in [-0.39, 0.29) is 36.7 Å². The largest absolute Gasteiger partial charge is 0.497 e. The lowest BCUT2D eigenvalue weighted by molar-refractivity contribution is -0.117. The van der Waals surface area contributed by atoms with Crippen molar-refractivity contribution in [2.45, 2.75) is 24.7 Å². The van der Waals surface area contributed by atoms with Crippen LogP contribution in [0.25, 0.3) is 0 Å². The minimum Gasteiger partial charge on any atom is -0.497 e. The van der Waals surface area contributed by atoms with Crippen LogP contribution in [0.3, 0.4) is 0 Å². The molecule has 0 radical (unpaired) electrons. The Balaban J connectivity index is 1.23. The second-order valence-electron chi connectivity index (χ2n) is 8.43. The van der Waals surface area contributed by atoms with Gasteiger partial charge in [0.1, 0.15) is 18.5 Å². The molecule has 5 rings (SSSR count). The molecule has 3 unspecified atom stereocenters. The Hall–Kier alpha value is -3.96. The van der Waals surface area contributed by atoms with E-state index in [0.717, 1.165) is 17.7 Å². The zero-order chi connectivity index (χ0) is 24.5. The van der Waals surface area contributed by atoms with Gasteiger partial charge in [0.25, 0.3) is 0 Å². The lowest BCUT2D eigenvalue weighted by Crippen LogP contribution is -2.54. The highest BCUT2D eigenvalue weighted by molar-refractivity contribution is 5.95. The van der Waals surface area contributed by atoms with E-state index < -0.39 is 0 Å². The molecule has 0 aromatic heterocycles. The van der Waals surface area contributed by atoms with Crippen molar-refractivity contribution < 1.29 is 23.8 Å². The molecule has 3 aliphatic heterocycles.